The average molecular weight is 312 g/mol. The van der Waals surface area contributed by atoms with Crippen molar-refractivity contribution in [3.8, 4) is 12.3 Å². The maximum Gasteiger partial charge on any atom is 0.184 e. The average Bonchev–Trinajstić information content (AvgIpc) is 2.84. The number of rotatable bonds is 0. The topological polar surface area (TPSA) is 54.4 Å². The molecular weight excluding hydrogens is 288 g/mol. The molecular formula is C20H24O3. The molecule has 3 heteroatoms. The van der Waals surface area contributed by atoms with E-state index in [1.54, 1.807) is 6.08 Å². The van der Waals surface area contributed by atoms with E-state index in [9.17, 15) is 14.7 Å². The molecule has 1 N–H and O–H groups in total. The molecule has 0 aromatic carbocycles. The Kier molecular flexibility index (Phi) is 3.16. The van der Waals surface area contributed by atoms with E-state index in [4.69, 9.17) is 6.42 Å². The normalized spacial score (nSPS) is 48.8. The zero-order valence-electron chi connectivity index (χ0n) is 13.7. The predicted octanol–water partition coefficient (Wildman–Crippen LogP) is 2.67. The van der Waals surface area contributed by atoms with Gasteiger partial charge >= 0.3 is 0 Å². The monoisotopic (exact) mass is 312 g/mol. The van der Waals surface area contributed by atoms with E-state index in [-0.39, 0.29) is 11.2 Å². The first-order valence-corrected chi connectivity index (χ1v) is 8.86. The van der Waals surface area contributed by atoms with Crippen LogP contribution >= 0.6 is 0 Å². The van der Waals surface area contributed by atoms with Crippen LogP contribution in [0.25, 0.3) is 0 Å². The third kappa shape index (κ3) is 1.82. The summed E-state index contributed by atoms with van der Waals surface area (Å²) in [4.78, 5) is 24.3. The maximum absolute atomic E-state index is 12.4. The Labute approximate surface area is 137 Å². The first-order valence-electron chi connectivity index (χ1n) is 8.86. The van der Waals surface area contributed by atoms with Crippen molar-refractivity contribution in [1.82, 2.24) is 0 Å². The Hall–Kier alpha value is -1.40. The molecule has 4 rings (SSSR count). The minimum absolute atomic E-state index is 0.165. The van der Waals surface area contributed by atoms with Gasteiger partial charge in [0.25, 0.3) is 0 Å². The lowest BCUT2D eigenvalue weighted by Gasteiger charge is -2.56. The number of hydrogen-bond donors (Lipinski definition) is 1. The van der Waals surface area contributed by atoms with Gasteiger partial charge in [0, 0.05) is 18.3 Å². The number of allylic oxidation sites excluding steroid dienone is 1. The standard InChI is InChI=1S/C20H24O3/c1-3-20-11-17(22)16(21)10-12(20)4-5-13-14-6-7-18(23)19(14,2)9-8-15(13)20/h1,10,13-15,17,22H,4-9,11H2,2H3/t13-,14-,15-,17-,19-,20-/m0/s1. The number of ketones is 2. The fourth-order valence-electron chi connectivity index (χ4n) is 6.27. The molecule has 0 heterocycles. The van der Waals surface area contributed by atoms with E-state index in [1.807, 2.05) is 0 Å². The Morgan fingerprint density at radius 1 is 1.22 bits per heavy atom. The molecule has 0 aliphatic heterocycles. The highest BCUT2D eigenvalue weighted by molar-refractivity contribution is 5.95. The van der Waals surface area contributed by atoms with Gasteiger partial charge in [0.05, 0.1) is 5.41 Å². The summed E-state index contributed by atoms with van der Waals surface area (Å²) in [5.74, 6) is 4.42. The second kappa shape index (κ2) is 4.80. The number of Topliss-reactive ketones (excluding diaryl/α,β-unsaturated/α-hetero) is 1. The van der Waals surface area contributed by atoms with Crippen LogP contribution in [-0.2, 0) is 9.59 Å². The summed E-state index contributed by atoms with van der Waals surface area (Å²) in [7, 11) is 0. The fraction of sp³-hybridized carbons (Fsp3) is 0.700. The van der Waals surface area contributed by atoms with Crippen LogP contribution in [0, 0.1) is 40.9 Å². The van der Waals surface area contributed by atoms with E-state index in [2.05, 4.69) is 12.8 Å². The van der Waals surface area contributed by atoms with Gasteiger partial charge in [-0.3, -0.25) is 9.59 Å². The number of fused-ring (bicyclic) bond motifs is 5. The molecule has 0 saturated heterocycles. The summed E-state index contributed by atoms with van der Waals surface area (Å²) < 4.78 is 0. The summed E-state index contributed by atoms with van der Waals surface area (Å²) >= 11 is 0. The predicted molar refractivity (Wildman–Crippen MR) is 86.3 cm³/mol. The maximum atomic E-state index is 12.4. The Balaban J connectivity index is 1.76. The highest BCUT2D eigenvalue weighted by atomic mass is 16.3. The summed E-state index contributed by atoms with van der Waals surface area (Å²) in [6, 6.07) is 0. The quantitative estimate of drug-likeness (QED) is 0.700. The molecule has 0 bridgehead atoms. The van der Waals surface area contributed by atoms with Gasteiger partial charge in [-0.15, -0.1) is 6.42 Å². The van der Waals surface area contributed by atoms with Crippen molar-refractivity contribution in [2.45, 2.75) is 58.0 Å². The summed E-state index contributed by atoms with van der Waals surface area (Å²) in [5, 5.41) is 10.1. The van der Waals surface area contributed by atoms with Crippen LogP contribution in [0.3, 0.4) is 0 Å². The fourth-order valence-corrected chi connectivity index (χ4v) is 6.27. The highest BCUT2D eigenvalue weighted by Crippen LogP contribution is 2.64. The number of aliphatic hydroxyl groups is 1. The van der Waals surface area contributed by atoms with Crippen molar-refractivity contribution in [1.29, 1.82) is 0 Å². The lowest BCUT2D eigenvalue weighted by atomic mass is 9.47. The van der Waals surface area contributed by atoms with Crippen molar-refractivity contribution >= 4 is 11.6 Å². The largest absolute Gasteiger partial charge is 0.385 e. The van der Waals surface area contributed by atoms with Crippen molar-refractivity contribution in [2.24, 2.45) is 28.6 Å². The smallest absolute Gasteiger partial charge is 0.184 e. The molecule has 0 radical (unpaired) electrons. The van der Waals surface area contributed by atoms with Gasteiger partial charge < -0.3 is 5.11 Å². The molecule has 122 valence electrons. The molecule has 0 aromatic heterocycles. The molecule has 4 aliphatic carbocycles. The molecule has 0 spiro atoms. The van der Waals surface area contributed by atoms with E-state index in [0.29, 0.717) is 36.4 Å². The summed E-state index contributed by atoms with van der Waals surface area (Å²) in [6.45, 7) is 2.15. The van der Waals surface area contributed by atoms with Crippen LogP contribution in [-0.4, -0.2) is 22.8 Å². The Bertz CT molecular complexity index is 654. The van der Waals surface area contributed by atoms with E-state index >= 15 is 0 Å². The van der Waals surface area contributed by atoms with Crippen molar-refractivity contribution < 1.29 is 14.7 Å². The van der Waals surface area contributed by atoms with Gasteiger partial charge in [0.15, 0.2) is 5.78 Å². The minimum atomic E-state index is -0.966. The molecule has 0 amide bonds. The molecule has 4 aliphatic rings. The second-order valence-electron chi connectivity index (χ2n) is 8.24. The third-order valence-corrected chi connectivity index (χ3v) is 7.52. The number of terminal acetylenes is 1. The second-order valence-corrected chi connectivity index (χ2v) is 8.24. The molecule has 6 atom stereocenters. The number of aliphatic hydroxyl groups excluding tert-OH is 1. The van der Waals surface area contributed by atoms with Crippen LogP contribution < -0.4 is 0 Å². The van der Waals surface area contributed by atoms with E-state index < -0.39 is 11.5 Å². The van der Waals surface area contributed by atoms with Gasteiger partial charge in [-0.05, 0) is 61.5 Å². The molecule has 3 fully saturated rings. The van der Waals surface area contributed by atoms with Crippen LogP contribution in [0.1, 0.15) is 51.9 Å². The lowest BCUT2D eigenvalue weighted by molar-refractivity contribution is -0.133. The summed E-state index contributed by atoms with van der Waals surface area (Å²) in [5.41, 5.74) is 0.425. The molecule has 23 heavy (non-hydrogen) atoms. The molecule has 3 nitrogen and oxygen atoms in total. The van der Waals surface area contributed by atoms with Crippen LogP contribution in [0.15, 0.2) is 11.6 Å². The Morgan fingerprint density at radius 3 is 2.74 bits per heavy atom. The number of carbonyl (C=O) groups is 2. The SMILES string of the molecule is C#C[C@]12C[C@H](O)C(=O)C=C1CC[C@@H]1[C@@H]2CC[C@]2(C)C(=O)CC[C@@H]12. The lowest BCUT2D eigenvalue weighted by Crippen LogP contribution is -2.53. The van der Waals surface area contributed by atoms with Gasteiger partial charge in [0.1, 0.15) is 11.9 Å². The molecule has 0 unspecified atom stereocenters. The van der Waals surface area contributed by atoms with E-state index in [1.165, 1.54) is 0 Å². The number of hydrogen-bond acceptors (Lipinski definition) is 3. The molecule has 3 saturated carbocycles. The minimum Gasteiger partial charge on any atom is -0.385 e. The van der Waals surface area contributed by atoms with Crippen LogP contribution in [0.4, 0.5) is 0 Å². The first kappa shape index (κ1) is 15.1. The van der Waals surface area contributed by atoms with Crippen LogP contribution in [0.2, 0.25) is 0 Å². The highest BCUT2D eigenvalue weighted by Gasteiger charge is 2.60. The zero-order chi connectivity index (χ0) is 16.4. The van der Waals surface area contributed by atoms with Gasteiger partial charge in [-0.2, -0.15) is 0 Å². The zero-order valence-corrected chi connectivity index (χ0v) is 13.7. The van der Waals surface area contributed by atoms with E-state index in [0.717, 1.165) is 37.7 Å². The van der Waals surface area contributed by atoms with Gasteiger partial charge in [-0.25, -0.2) is 0 Å². The summed E-state index contributed by atoms with van der Waals surface area (Å²) in [6.07, 6.45) is 12.4. The van der Waals surface area contributed by atoms with Crippen molar-refractivity contribution in [3.63, 3.8) is 0 Å². The van der Waals surface area contributed by atoms with Gasteiger partial charge in [-0.1, -0.05) is 12.8 Å². The number of carbonyl (C=O) groups excluding carboxylic acids is 2. The Morgan fingerprint density at radius 2 is 2.00 bits per heavy atom. The molecule has 0 aromatic rings. The first-order chi connectivity index (χ1) is 10.9. The van der Waals surface area contributed by atoms with Crippen molar-refractivity contribution in [2.75, 3.05) is 0 Å². The van der Waals surface area contributed by atoms with Gasteiger partial charge in [0.2, 0.25) is 0 Å². The van der Waals surface area contributed by atoms with Crippen molar-refractivity contribution in [3.05, 3.63) is 11.6 Å². The third-order valence-electron chi connectivity index (χ3n) is 7.52. The van der Waals surface area contributed by atoms with Crippen LogP contribution in [0.5, 0.6) is 0 Å².